The van der Waals surface area contributed by atoms with Crippen LogP contribution in [0.3, 0.4) is 0 Å². The molecule has 1 aromatic carbocycles. The summed E-state index contributed by atoms with van der Waals surface area (Å²) in [6.45, 7) is 1.86. The molecule has 9 nitrogen and oxygen atoms in total. The third-order valence-corrected chi connectivity index (χ3v) is 7.01. The van der Waals surface area contributed by atoms with Crippen LogP contribution in [0.2, 0.25) is 0 Å². The fourth-order valence-electron chi connectivity index (χ4n) is 5.09. The Hall–Kier alpha value is -3.63. The Morgan fingerprint density at radius 1 is 1.25 bits per heavy atom. The molecular weight excluding hydrogens is 467 g/mol. The number of fused-ring (bicyclic) bond motifs is 3. The summed E-state index contributed by atoms with van der Waals surface area (Å²) in [5.41, 5.74) is 3.71. The zero-order chi connectivity index (χ0) is 24.6. The highest BCUT2D eigenvalue weighted by molar-refractivity contribution is 6.07. The number of methoxy groups -OCH3 is 1. The third kappa shape index (κ3) is 3.96. The number of pyridine rings is 1. The molecule has 6 rings (SSSR count). The molecule has 0 bridgehead atoms. The molecule has 0 radical (unpaired) electrons. The number of para-hydroxylation sites is 1. The number of aromatic nitrogens is 2. The molecule has 2 aromatic heterocycles. The Morgan fingerprint density at radius 2 is 2.17 bits per heavy atom. The molecule has 1 amide bonds. The van der Waals surface area contributed by atoms with Crippen molar-refractivity contribution in [1.82, 2.24) is 15.3 Å². The van der Waals surface area contributed by atoms with Crippen molar-refractivity contribution in [3.05, 3.63) is 53.7 Å². The van der Waals surface area contributed by atoms with E-state index in [0.29, 0.717) is 54.8 Å². The van der Waals surface area contributed by atoms with Crippen molar-refractivity contribution in [1.29, 1.82) is 0 Å². The lowest BCUT2D eigenvalue weighted by molar-refractivity contribution is -0.101. The number of hydrogen-bond acceptors (Lipinski definition) is 7. The Labute approximate surface area is 207 Å². The second-order valence-corrected chi connectivity index (χ2v) is 9.12. The maximum atomic E-state index is 14.5. The number of carbonyl (C=O) groups is 1. The summed E-state index contributed by atoms with van der Waals surface area (Å²) in [7, 11) is 1.41. The minimum Gasteiger partial charge on any atom is -0.492 e. The van der Waals surface area contributed by atoms with E-state index in [0.717, 1.165) is 24.1 Å². The number of rotatable bonds is 7. The maximum Gasteiger partial charge on any atom is 0.255 e. The zero-order valence-electron chi connectivity index (χ0n) is 19.8. The second kappa shape index (κ2) is 9.44. The normalized spacial score (nSPS) is 22.6. The molecule has 3 aliphatic rings. The first kappa shape index (κ1) is 22.8. The molecule has 0 spiro atoms. The number of nitrogens with zero attached hydrogens (tertiary/aromatic N) is 1. The molecule has 3 N–H and O–H groups in total. The number of benzene rings is 1. The third-order valence-electron chi connectivity index (χ3n) is 7.01. The van der Waals surface area contributed by atoms with Crippen LogP contribution < -0.4 is 20.1 Å². The molecule has 10 heteroatoms. The molecule has 188 valence electrons. The summed E-state index contributed by atoms with van der Waals surface area (Å²) in [5.74, 6) is 0.123. The topological polar surface area (TPSA) is 107 Å². The fraction of sp³-hybridized carbons (Fsp3) is 0.385. The average molecular weight is 495 g/mol. The number of H-pyrrole nitrogens is 1. The quantitative estimate of drug-likeness (QED) is 0.459. The molecule has 0 unspecified atom stereocenters. The number of aromatic amines is 1. The molecule has 3 aromatic rings. The Kier molecular flexibility index (Phi) is 5.98. The summed E-state index contributed by atoms with van der Waals surface area (Å²) < 4.78 is 37.1. The lowest BCUT2D eigenvalue weighted by Crippen LogP contribution is -2.49. The molecule has 36 heavy (non-hydrogen) atoms. The van der Waals surface area contributed by atoms with Crippen molar-refractivity contribution in [2.24, 2.45) is 0 Å². The highest BCUT2D eigenvalue weighted by Gasteiger charge is 2.43. The van der Waals surface area contributed by atoms with Crippen LogP contribution in [0.5, 0.6) is 11.5 Å². The van der Waals surface area contributed by atoms with Crippen molar-refractivity contribution in [3.8, 4) is 22.8 Å². The maximum absolute atomic E-state index is 14.5. The molecule has 1 saturated carbocycles. The Balaban J connectivity index is 1.43. The summed E-state index contributed by atoms with van der Waals surface area (Å²) in [4.78, 5) is 21.0. The van der Waals surface area contributed by atoms with Gasteiger partial charge in [-0.25, -0.2) is 4.39 Å². The summed E-state index contributed by atoms with van der Waals surface area (Å²) in [5, 5.41) is 6.39. The lowest BCUT2D eigenvalue weighted by Gasteiger charge is -2.40. The minimum atomic E-state index is -0.500. The van der Waals surface area contributed by atoms with Gasteiger partial charge in [0.2, 0.25) is 0 Å². The largest absolute Gasteiger partial charge is 0.492 e. The van der Waals surface area contributed by atoms with Gasteiger partial charge in [-0.1, -0.05) is 6.07 Å². The van der Waals surface area contributed by atoms with Crippen molar-refractivity contribution < 1.29 is 28.1 Å². The average Bonchev–Trinajstić information content (AvgIpc) is 3.24. The second-order valence-electron chi connectivity index (χ2n) is 9.12. The first-order valence-electron chi connectivity index (χ1n) is 12.1. The van der Waals surface area contributed by atoms with Crippen LogP contribution in [0.4, 0.5) is 15.8 Å². The molecule has 2 fully saturated rings. The van der Waals surface area contributed by atoms with Crippen molar-refractivity contribution >= 4 is 17.3 Å². The van der Waals surface area contributed by atoms with Gasteiger partial charge in [-0.05, 0) is 31.0 Å². The number of amides is 1. The van der Waals surface area contributed by atoms with Gasteiger partial charge >= 0.3 is 0 Å². The smallest absolute Gasteiger partial charge is 0.255 e. The highest BCUT2D eigenvalue weighted by atomic mass is 19.1. The zero-order valence-corrected chi connectivity index (χ0v) is 19.8. The summed E-state index contributed by atoms with van der Waals surface area (Å²) in [6, 6.07) is 6.57. The minimum absolute atomic E-state index is 0.0665. The van der Waals surface area contributed by atoms with E-state index in [1.807, 2.05) is 6.07 Å². The number of ether oxygens (including phenoxy) is 4. The lowest BCUT2D eigenvalue weighted by atomic mass is 9.74. The van der Waals surface area contributed by atoms with Crippen LogP contribution in [0, 0.1) is 5.82 Å². The fourth-order valence-corrected chi connectivity index (χ4v) is 5.09. The first-order chi connectivity index (χ1) is 17.6. The molecule has 1 saturated heterocycles. The molecule has 2 aliphatic heterocycles. The molecule has 4 heterocycles. The van der Waals surface area contributed by atoms with Crippen molar-refractivity contribution in [3.63, 3.8) is 0 Å². The van der Waals surface area contributed by atoms with E-state index in [9.17, 15) is 9.18 Å². The van der Waals surface area contributed by atoms with Gasteiger partial charge in [0.15, 0.2) is 11.6 Å². The van der Waals surface area contributed by atoms with Crippen LogP contribution >= 0.6 is 0 Å². The highest BCUT2D eigenvalue weighted by Crippen LogP contribution is 2.48. The summed E-state index contributed by atoms with van der Waals surface area (Å²) in [6.07, 6.45) is 5.04. The number of anilines is 2. The van der Waals surface area contributed by atoms with E-state index in [4.69, 9.17) is 18.9 Å². The molecular formula is C26H27FN4O5. The van der Waals surface area contributed by atoms with Gasteiger partial charge in [0, 0.05) is 29.4 Å². The van der Waals surface area contributed by atoms with Gasteiger partial charge in [-0.2, -0.15) is 0 Å². The number of nitrogens with one attached hydrogen (secondary N) is 3. The Bertz CT molecular complexity index is 1290. The van der Waals surface area contributed by atoms with E-state index in [1.165, 1.54) is 13.2 Å². The van der Waals surface area contributed by atoms with Crippen LogP contribution in [0.15, 0.2) is 36.7 Å². The van der Waals surface area contributed by atoms with Crippen LogP contribution in [0.25, 0.3) is 11.3 Å². The van der Waals surface area contributed by atoms with Crippen LogP contribution in [-0.4, -0.2) is 61.6 Å². The number of hydrogen-bond donors (Lipinski definition) is 3. The molecule has 1 aliphatic carbocycles. The summed E-state index contributed by atoms with van der Waals surface area (Å²) >= 11 is 0. The van der Waals surface area contributed by atoms with Gasteiger partial charge in [-0.15, -0.1) is 0 Å². The Morgan fingerprint density at radius 3 is 2.94 bits per heavy atom. The predicted octanol–water partition coefficient (Wildman–Crippen LogP) is 3.75. The van der Waals surface area contributed by atoms with Crippen molar-refractivity contribution in [2.75, 3.05) is 38.9 Å². The predicted molar refractivity (Wildman–Crippen MR) is 130 cm³/mol. The van der Waals surface area contributed by atoms with E-state index >= 15 is 0 Å². The van der Waals surface area contributed by atoms with Gasteiger partial charge in [0.05, 0.1) is 55.8 Å². The van der Waals surface area contributed by atoms with Gasteiger partial charge in [-0.3, -0.25) is 9.78 Å². The number of carbonyl (C=O) groups excluding carboxylic acids is 1. The monoisotopic (exact) mass is 494 g/mol. The first-order valence-corrected chi connectivity index (χ1v) is 12.1. The van der Waals surface area contributed by atoms with Crippen LogP contribution in [-0.2, 0) is 9.47 Å². The van der Waals surface area contributed by atoms with E-state index < -0.39 is 5.82 Å². The van der Waals surface area contributed by atoms with Gasteiger partial charge in [0.1, 0.15) is 18.5 Å². The van der Waals surface area contributed by atoms with Crippen molar-refractivity contribution in [2.45, 2.75) is 30.9 Å². The van der Waals surface area contributed by atoms with Gasteiger partial charge < -0.3 is 34.6 Å². The van der Waals surface area contributed by atoms with E-state index in [1.54, 1.807) is 24.5 Å². The van der Waals surface area contributed by atoms with E-state index in [-0.39, 0.29) is 29.7 Å². The van der Waals surface area contributed by atoms with Gasteiger partial charge in [0.25, 0.3) is 5.91 Å². The SMILES string of the molecule is COc1c(F)cccc1Nc1c(-c2ccncc2OC[C@@H]2COCCO2)[nH]c2c1C(=O)N[C@H]1CC[C@@H]21. The molecule has 3 atom stereocenters. The standard InChI is InChI=1S/C26H27FN4O5/c1-33-25-17(27)3-2-4-19(25)29-24-21-22(15-5-6-18(15)30-26(21)32)31-23(24)16-7-8-28-11-20(16)36-13-14-12-34-9-10-35-14/h2-4,7-8,11,14-15,18,29,31H,5-6,9-10,12-13H2,1H3,(H,30,32)/t14-,15+,18-/m0/s1. The van der Waals surface area contributed by atoms with Crippen LogP contribution in [0.1, 0.15) is 34.8 Å². The van der Waals surface area contributed by atoms with E-state index in [2.05, 4.69) is 20.6 Å². The number of halogens is 1.